The van der Waals surface area contributed by atoms with Gasteiger partial charge in [-0.1, -0.05) is 47.0 Å². The van der Waals surface area contributed by atoms with Gasteiger partial charge in [0, 0.05) is 6.04 Å². The molecule has 1 N–H and O–H groups in total. The third kappa shape index (κ3) is 5.01. The number of hydrogen-bond acceptors (Lipinski definition) is 1. The van der Waals surface area contributed by atoms with E-state index in [0.717, 1.165) is 17.9 Å². The van der Waals surface area contributed by atoms with Gasteiger partial charge in [-0.2, -0.15) is 0 Å². The van der Waals surface area contributed by atoms with Crippen LogP contribution in [-0.2, 0) is 0 Å². The number of rotatable bonds is 0. The summed E-state index contributed by atoms with van der Waals surface area (Å²) < 4.78 is 0. The number of piperidine rings is 1. The Bertz CT molecular complexity index is 133. The Morgan fingerprint density at radius 1 is 0.867 bits per heavy atom. The molecule has 0 spiro atoms. The molecule has 2 aliphatic rings. The molecule has 0 radical (unpaired) electrons. The molecule has 0 amide bonds. The van der Waals surface area contributed by atoms with E-state index in [4.69, 9.17) is 0 Å². The Balaban J connectivity index is 0.000000442. The molecule has 0 aromatic heterocycles. The monoisotopic (exact) mass is 213 g/mol. The van der Waals surface area contributed by atoms with Crippen molar-refractivity contribution in [3.8, 4) is 0 Å². The van der Waals surface area contributed by atoms with Crippen LogP contribution in [0, 0.1) is 11.8 Å². The van der Waals surface area contributed by atoms with Crippen molar-refractivity contribution >= 4 is 0 Å². The van der Waals surface area contributed by atoms with Crippen LogP contribution in [0.2, 0.25) is 0 Å². The maximum absolute atomic E-state index is 3.58. The van der Waals surface area contributed by atoms with E-state index in [-0.39, 0.29) is 0 Å². The zero-order chi connectivity index (χ0) is 11.7. The van der Waals surface area contributed by atoms with Gasteiger partial charge < -0.3 is 5.32 Å². The Hall–Kier alpha value is -0.0400. The minimum Gasteiger partial charge on any atom is -0.314 e. The van der Waals surface area contributed by atoms with Gasteiger partial charge in [0.05, 0.1) is 0 Å². The first kappa shape index (κ1) is 15.0. The molecule has 0 aromatic rings. The molecule has 1 saturated carbocycles. The van der Waals surface area contributed by atoms with E-state index >= 15 is 0 Å². The van der Waals surface area contributed by atoms with Gasteiger partial charge in [0.15, 0.2) is 0 Å². The van der Waals surface area contributed by atoms with Crippen LogP contribution in [0.3, 0.4) is 0 Å². The fraction of sp³-hybridized carbons (Fsp3) is 1.00. The second-order valence-corrected chi connectivity index (χ2v) is 4.35. The maximum atomic E-state index is 3.58. The summed E-state index contributed by atoms with van der Waals surface area (Å²) in [4.78, 5) is 0. The largest absolute Gasteiger partial charge is 0.314 e. The van der Waals surface area contributed by atoms with E-state index in [1.807, 2.05) is 27.7 Å². The van der Waals surface area contributed by atoms with E-state index in [0.29, 0.717) is 0 Å². The normalized spacial score (nSPS) is 33.8. The molecule has 15 heavy (non-hydrogen) atoms. The van der Waals surface area contributed by atoms with Gasteiger partial charge in [0.25, 0.3) is 0 Å². The molecule has 3 atom stereocenters. The Morgan fingerprint density at radius 3 is 2.00 bits per heavy atom. The van der Waals surface area contributed by atoms with E-state index < -0.39 is 0 Å². The summed E-state index contributed by atoms with van der Waals surface area (Å²) >= 11 is 0. The van der Waals surface area contributed by atoms with Gasteiger partial charge in [-0.3, -0.25) is 0 Å². The fourth-order valence-corrected chi connectivity index (χ4v) is 2.75. The van der Waals surface area contributed by atoms with Crippen molar-refractivity contribution < 1.29 is 0 Å². The lowest BCUT2D eigenvalue weighted by Crippen LogP contribution is -2.43. The van der Waals surface area contributed by atoms with Crippen LogP contribution in [-0.4, -0.2) is 12.6 Å². The van der Waals surface area contributed by atoms with Crippen molar-refractivity contribution in [2.24, 2.45) is 11.8 Å². The predicted octanol–water partition coefficient (Wildman–Crippen LogP) is 4.23. The number of hydrogen-bond donors (Lipinski definition) is 1. The van der Waals surface area contributed by atoms with E-state index in [2.05, 4.69) is 12.2 Å². The summed E-state index contributed by atoms with van der Waals surface area (Å²) in [5.41, 5.74) is 0. The van der Waals surface area contributed by atoms with Crippen LogP contribution in [0.5, 0.6) is 0 Å². The molecule has 0 aromatic carbocycles. The van der Waals surface area contributed by atoms with Crippen LogP contribution >= 0.6 is 0 Å². The highest BCUT2D eigenvalue weighted by molar-refractivity contribution is 4.84. The van der Waals surface area contributed by atoms with Crippen molar-refractivity contribution in [3.05, 3.63) is 0 Å². The molecule has 1 heterocycles. The Labute approximate surface area is 97.0 Å². The second-order valence-electron chi connectivity index (χ2n) is 4.35. The van der Waals surface area contributed by atoms with E-state index in [9.17, 15) is 0 Å². The molecule has 92 valence electrons. The van der Waals surface area contributed by atoms with Gasteiger partial charge in [0.2, 0.25) is 0 Å². The highest BCUT2D eigenvalue weighted by Gasteiger charge is 2.29. The molecule has 1 heteroatoms. The highest BCUT2D eigenvalue weighted by atomic mass is 14.9. The first-order chi connectivity index (χ1) is 7.36. The van der Waals surface area contributed by atoms with Crippen molar-refractivity contribution in [2.45, 2.75) is 72.8 Å². The molecular weight excluding hydrogens is 182 g/mol. The number of fused-ring (bicyclic) bond motifs is 1. The lowest BCUT2D eigenvalue weighted by molar-refractivity contribution is 0.159. The lowest BCUT2D eigenvalue weighted by atomic mass is 9.74. The summed E-state index contributed by atoms with van der Waals surface area (Å²) in [6.07, 6.45) is 7.41. The van der Waals surface area contributed by atoms with Gasteiger partial charge in [-0.25, -0.2) is 0 Å². The van der Waals surface area contributed by atoms with E-state index in [1.54, 1.807) is 0 Å². The van der Waals surface area contributed by atoms with Crippen LogP contribution in [0.4, 0.5) is 0 Å². The van der Waals surface area contributed by atoms with Crippen molar-refractivity contribution in [1.29, 1.82) is 0 Å². The molecule has 1 saturated heterocycles. The van der Waals surface area contributed by atoms with E-state index in [1.165, 1.54) is 38.6 Å². The summed E-state index contributed by atoms with van der Waals surface area (Å²) in [7, 11) is 0. The average Bonchev–Trinajstić information content (AvgIpc) is 2.34. The van der Waals surface area contributed by atoms with Crippen LogP contribution in [0.25, 0.3) is 0 Å². The fourth-order valence-electron chi connectivity index (χ4n) is 2.75. The minimum absolute atomic E-state index is 0.786. The van der Waals surface area contributed by atoms with Gasteiger partial charge in [-0.15, -0.1) is 0 Å². The van der Waals surface area contributed by atoms with Crippen molar-refractivity contribution in [2.75, 3.05) is 6.54 Å². The maximum Gasteiger partial charge on any atom is 0.00415 e. The van der Waals surface area contributed by atoms with Crippen LogP contribution < -0.4 is 5.32 Å². The Kier molecular flexibility index (Phi) is 9.18. The summed E-state index contributed by atoms with van der Waals surface area (Å²) in [5, 5.41) is 3.58. The van der Waals surface area contributed by atoms with Crippen molar-refractivity contribution in [3.63, 3.8) is 0 Å². The Morgan fingerprint density at radius 2 is 1.40 bits per heavy atom. The molecule has 1 aliphatic heterocycles. The van der Waals surface area contributed by atoms with Crippen molar-refractivity contribution in [1.82, 2.24) is 5.32 Å². The number of nitrogens with one attached hydrogen (secondary N) is 1. The molecule has 1 nitrogen and oxygen atoms in total. The van der Waals surface area contributed by atoms with Crippen LogP contribution in [0.15, 0.2) is 0 Å². The highest BCUT2D eigenvalue weighted by Crippen LogP contribution is 2.34. The van der Waals surface area contributed by atoms with Gasteiger partial charge in [-0.05, 0) is 38.1 Å². The minimum atomic E-state index is 0.786. The van der Waals surface area contributed by atoms with Crippen LogP contribution in [0.1, 0.15) is 66.7 Å². The first-order valence-corrected chi connectivity index (χ1v) is 7.09. The molecule has 1 aliphatic carbocycles. The topological polar surface area (TPSA) is 12.0 Å². The average molecular weight is 213 g/mol. The SMILES string of the molecule is CC.CC.CC1CC2CCCCC2CN1. The quantitative estimate of drug-likeness (QED) is 0.635. The first-order valence-electron chi connectivity index (χ1n) is 7.09. The third-order valence-electron chi connectivity index (χ3n) is 3.45. The third-order valence-corrected chi connectivity index (χ3v) is 3.45. The predicted molar refractivity (Wildman–Crippen MR) is 70.2 cm³/mol. The second kappa shape index (κ2) is 9.21. The molecule has 0 bridgehead atoms. The standard InChI is InChI=1S/C10H19N.2C2H6/c1-8-6-9-4-2-3-5-10(9)7-11-8;2*1-2/h8-11H,2-7H2,1H3;2*1-2H3. The van der Waals surface area contributed by atoms with Gasteiger partial charge in [0.1, 0.15) is 0 Å². The molecule has 3 unspecified atom stereocenters. The summed E-state index contributed by atoms with van der Waals surface area (Å²) in [6, 6.07) is 0.786. The lowest BCUT2D eigenvalue weighted by Gasteiger charge is -2.38. The zero-order valence-electron chi connectivity index (χ0n) is 11.5. The summed E-state index contributed by atoms with van der Waals surface area (Å²) in [6.45, 7) is 11.6. The zero-order valence-corrected chi connectivity index (χ0v) is 11.5. The summed E-state index contributed by atoms with van der Waals surface area (Å²) in [5.74, 6) is 2.10. The molecule has 2 rings (SSSR count). The molecule has 2 fully saturated rings. The smallest absolute Gasteiger partial charge is 0.00415 e. The molecular formula is C14H31N. The van der Waals surface area contributed by atoms with Gasteiger partial charge >= 0.3 is 0 Å².